The fourth-order valence-electron chi connectivity index (χ4n) is 3.18. The van der Waals surface area contributed by atoms with Crippen LogP contribution in [0.3, 0.4) is 0 Å². The van der Waals surface area contributed by atoms with Crippen LogP contribution < -0.4 is 5.32 Å². The first-order valence-electron chi connectivity index (χ1n) is 8.76. The molecule has 1 aliphatic rings. The maximum Gasteiger partial charge on any atom is 0.227 e. The van der Waals surface area contributed by atoms with Gasteiger partial charge in [-0.2, -0.15) is 0 Å². The third kappa shape index (κ3) is 5.63. The lowest BCUT2D eigenvalue weighted by Gasteiger charge is -2.34. The van der Waals surface area contributed by atoms with E-state index in [1.165, 1.54) is 0 Å². The zero-order chi connectivity index (χ0) is 16.7. The van der Waals surface area contributed by atoms with Gasteiger partial charge in [0.2, 0.25) is 5.91 Å². The maximum absolute atomic E-state index is 12.5. The minimum atomic E-state index is -0.0773. The fraction of sp³-hybridized carbons (Fsp3) is 0.632. The van der Waals surface area contributed by atoms with E-state index >= 15 is 0 Å². The quantitative estimate of drug-likeness (QED) is 0.840. The molecular formula is C19H30N2O2. The summed E-state index contributed by atoms with van der Waals surface area (Å²) in [6.45, 7) is 10.9. The molecule has 4 heteroatoms. The Morgan fingerprint density at radius 2 is 2.09 bits per heavy atom. The molecule has 2 rings (SSSR count). The highest BCUT2D eigenvalue weighted by Crippen LogP contribution is 2.19. The Balaban J connectivity index is 1.83. The van der Waals surface area contributed by atoms with Gasteiger partial charge in [-0.1, -0.05) is 51.1 Å². The predicted molar refractivity (Wildman–Crippen MR) is 93.5 cm³/mol. The number of nitrogens with one attached hydrogen (secondary N) is 1. The summed E-state index contributed by atoms with van der Waals surface area (Å²) >= 11 is 0. The van der Waals surface area contributed by atoms with Crippen LogP contribution in [-0.2, 0) is 9.53 Å². The summed E-state index contributed by atoms with van der Waals surface area (Å²) in [5, 5.41) is 3.09. The molecule has 23 heavy (non-hydrogen) atoms. The molecule has 1 heterocycles. The maximum atomic E-state index is 12.5. The first kappa shape index (κ1) is 18.0. The van der Waals surface area contributed by atoms with E-state index in [-0.39, 0.29) is 17.9 Å². The summed E-state index contributed by atoms with van der Waals surface area (Å²) in [5.74, 6) is 0.681. The molecule has 1 amide bonds. The average Bonchev–Trinajstić information content (AvgIpc) is 2.54. The smallest absolute Gasteiger partial charge is 0.227 e. The molecule has 1 aliphatic heterocycles. The highest BCUT2D eigenvalue weighted by Gasteiger charge is 2.23. The molecule has 0 aliphatic carbocycles. The van der Waals surface area contributed by atoms with E-state index in [4.69, 9.17) is 4.74 Å². The number of hydrogen-bond acceptors (Lipinski definition) is 3. The average molecular weight is 318 g/mol. The van der Waals surface area contributed by atoms with Crippen molar-refractivity contribution in [1.82, 2.24) is 10.2 Å². The van der Waals surface area contributed by atoms with Gasteiger partial charge in [-0.05, 0) is 17.9 Å². The standard InChI is InChI=1S/C19H30N2O2/c1-4-18(16-8-6-5-7-9-16)19(22)20-12-17-14-21(10-11-23-17)13-15(2)3/h5-9,15,17-18H,4,10-14H2,1-3H3,(H,20,22)/t17-,18-/m0/s1. The third-order valence-corrected chi connectivity index (χ3v) is 4.28. The third-order valence-electron chi connectivity index (χ3n) is 4.28. The summed E-state index contributed by atoms with van der Waals surface area (Å²) < 4.78 is 5.80. The molecule has 2 atom stereocenters. The molecule has 0 bridgehead atoms. The lowest BCUT2D eigenvalue weighted by Crippen LogP contribution is -2.48. The topological polar surface area (TPSA) is 41.6 Å². The molecule has 1 N–H and O–H groups in total. The number of rotatable bonds is 7. The number of carbonyl (C=O) groups is 1. The van der Waals surface area contributed by atoms with Gasteiger partial charge < -0.3 is 10.1 Å². The van der Waals surface area contributed by atoms with Crippen molar-refractivity contribution in [3.05, 3.63) is 35.9 Å². The van der Waals surface area contributed by atoms with E-state index in [9.17, 15) is 4.79 Å². The highest BCUT2D eigenvalue weighted by molar-refractivity contribution is 5.83. The van der Waals surface area contributed by atoms with E-state index in [0.29, 0.717) is 12.5 Å². The van der Waals surface area contributed by atoms with Gasteiger partial charge in [0.25, 0.3) is 0 Å². The van der Waals surface area contributed by atoms with Crippen LogP contribution in [0.1, 0.15) is 38.7 Å². The largest absolute Gasteiger partial charge is 0.374 e. The van der Waals surface area contributed by atoms with Gasteiger partial charge in [0.15, 0.2) is 0 Å². The van der Waals surface area contributed by atoms with Crippen molar-refractivity contribution in [2.24, 2.45) is 5.92 Å². The SMILES string of the molecule is CC[C@H](C(=O)NC[C@H]1CN(CC(C)C)CCO1)c1ccccc1. The molecule has 0 spiro atoms. The number of ether oxygens (including phenoxy) is 1. The van der Waals surface area contributed by atoms with Gasteiger partial charge in [-0.15, -0.1) is 0 Å². The second kappa shape index (κ2) is 9.04. The highest BCUT2D eigenvalue weighted by atomic mass is 16.5. The number of morpholine rings is 1. The summed E-state index contributed by atoms with van der Waals surface area (Å²) in [5.41, 5.74) is 1.08. The van der Waals surface area contributed by atoms with E-state index < -0.39 is 0 Å². The van der Waals surface area contributed by atoms with Crippen molar-refractivity contribution in [1.29, 1.82) is 0 Å². The van der Waals surface area contributed by atoms with Gasteiger partial charge in [0.05, 0.1) is 18.6 Å². The van der Waals surface area contributed by atoms with E-state index in [0.717, 1.165) is 38.2 Å². The molecule has 0 unspecified atom stereocenters. The van der Waals surface area contributed by atoms with Gasteiger partial charge >= 0.3 is 0 Å². The van der Waals surface area contributed by atoms with Crippen LogP contribution in [0.4, 0.5) is 0 Å². The van der Waals surface area contributed by atoms with Crippen LogP contribution in [-0.4, -0.2) is 49.7 Å². The fourth-order valence-corrected chi connectivity index (χ4v) is 3.18. The molecule has 128 valence electrons. The predicted octanol–water partition coefficient (Wildman–Crippen LogP) is 2.65. The zero-order valence-electron chi connectivity index (χ0n) is 14.6. The molecule has 1 aromatic carbocycles. The molecule has 1 fully saturated rings. The number of carbonyl (C=O) groups excluding carboxylic acids is 1. The first-order chi connectivity index (χ1) is 11.1. The summed E-state index contributed by atoms with van der Waals surface area (Å²) in [7, 11) is 0. The molecule has 4 nitrogen and oxygen atoms in total. The van der Waals surface area contributed by atoms with E-state index in [1.807, 2.05) is 30.3 Å². The van der Waals surface area contributed by atoms with Crippen LogP contribution >= 0.6 is 0 Å². The zero-order valence-corrected chi connectivity index (χ0v) is 14.6. The van der Waals surface area contributed by atoms with Crippen LogP contribution in [0.2, 0.25) is 0 Å². The Morgan fingerprint density at radius 1 is 1.35 bits per heavy atom. The lowest BCUT2D eigenvalue weighted by atomic mass is 9.95. The molecule has 0 aromatic heterocycles. The van der Waals surface area contributed by atoms with Crippen molar-refractivity contribution in [3.8, 4) is 0 Å². The normalized spacial score (nSPS) is 20.4. The number of nitrogens with zero attached hydrogens (tertiary/aromatic N) is 1. The molecule has 1 aromatic rings. The van der Waals surface area contributed by atoms with Crippen LogP contribution in [0.5, 0.6) is 0 Å². The van der Waals surface area contributed by atoms with Crippen molar-refractivity contribution in [2.45, 2.75) is 39.2 Å². The number of benzene rings is 1. The van der Waals surface area contributed by atoms with Crippen LogP contribution in [0.25, 0.3) is 0 Å². The van der Waals surface area contributed by atoms with E-state index in [1.54, 1.807) is 0 Å². The number of hydrogen-bond donors (Lipinski definition) is 1. The first-order valence-corrected chi connectivity index (χ1v) is 8.76. The monoisotopic (exact) mass is 318 g/mol. The number of amides is 1. The van der Waals surface area contributed by atoms with Crippen LogP contribution in [0, 0.1) is 5.92 Å². The Morgan fingerprint density at radius 3 is 2.74 bits per heavy atom. The minimum Gasteiger partial charge on any atom is -0.374 e. The van der Waals surface area contributed by atoms with Crippen molar-refractivity contribution in [3.63, 3.8) is 0 Å². The summed E-state index contributed by atoms with van der Waals surface area (Å²) in [6, 6.07) is 10.00. The van der Waals surface area contributed by atoms with Gasteiger partial charge in [0, 0.05) is 26.2 Å². The second-order valence-corrected chi connectivity index (χ2v) is 6.76. The van der Waals surface area contributed by atoms with Crippen molar-refractivity contribution in [2.75, 3.05) is 32.8 Å². The Bertz CT molecular complexity index is 476. The Kier molecular flexibility index (Phi) is 7.06. The van der Waals surface area contributed by atoms with E-state index in [2.05, 4.69) is 31.0 Å². The second-order valence-electron chi connectivity index (χ2n) is 6.76. The Hall–Kier alpha value is -1.39. The van der Waals surface area contributed by atoms with Gasteiger partial charge in [-0.3, -0.25) is 9.69 Å². The van der Waals surface area contributed by atoms with Crippen molar-refractivity contribution < 1.29 is 9.53 Å². The minimum absolute atomic E-state index is 0.0773. The molecule has 0 saturated carbocycles. The van der Waals surface area contributed by atoms with Gasteiger partial charge in [0.1, 0.15) is 0 Å². The summed E-state index contributed by atoms with van der Waals surface area (Å²) in [4.78, 5) is 14.9. The van der Waals surface area contributed by atoms with Gasteiger partial charge in [-0.25, -0.2) is 0 Å². The lowest BCUT2D eigenvalue weighted by molar-refractivity contribution is -0.123. The molecule has 0 radical (unpaired) electrons. The molecule has 1 saturated heterocycles. The Labute approximate surface area is 140 Å². The summed E-state index contributed by atoms with van der Waals surface area (Å²) in [6.07, 6.45) is 0.903. The van der Waals surface area contributed by atoms with Crippen LogP contribution in [0.15, 0.2) is 30.3 Å². The van der Waals surface area contributed by atoms with Crippen molar-refractivity contribution >= 4 is 5.91 Å². The molecular weight excluding hydrogens is 288 g/mol.